The number of fused-ring (bicyclic) bond motifs is 1. The van der Waals surface area contributed by atoms with E-state index in [1.54, 1.807) is 0 Å². The Bertz CT molecular complexity index is 913. The monoisotopic (exact) mass is 365 g/mol. The van der Waals surface area contributed by atoms with E-state index in [-0.39, 0.29) is 29.5 Å². The normalized spacial score (nSPS) is 32.6. The number of rotatable bonds is 4. The number of nitrogens with one attached hydrogen (secondary N) is 1. The first-order valence-corrected chi connectivity index (χ1v) is 10.3. The molecule has 4 aliphatic rings. The highest BCUT2D eigenvalue weighted by Crippen LogP contribution is 2.61. The fourth-order valence-electron chi connectivity index (χ4n) is 6.57. The minimum Gasteiger partial charge on any atom is -0.352 e. The third-order valence-corrected chi connectivity index (χ3v) is 7.44. The van der Waals surface area contributed by atoms with Crippen molar-refractivity contribution in [1.29, 1.82) is 0 Å². The van der Waals surface area contributed by atoms with Crippen LogP contribution in [0.15, 0.2) is 35.3 Å². The van der Waals surface area contributed by atoms with Gasteiger partial charge in [-0.15, -0.1) is 0 Å². The molecule has 1 aromatic carbocycles. The van der Waals surface area contributed by atoms with Gasteiger partial charge >= 0.3 is 0 Å². The van der Waals surface area contributed by atoms with Gasteiger partial charge in [-0.1, -0.05) is 12.1 Å². The second-order valence-electron chi connectivity index (χ2n) is 9.24. The summed E-state index contributed by atoms with van der Waals surface area (Å²) in [6.07, 6.45) is 9.29. The van der Waals surface area contributed by atoms with Crippen molar-refractivity contribution in [2.75, 3.05) is 0 Å². The third-order valence-electron chi connectivity index (χ3n) is 7.44. The summed E-state index contributed by atoms with van der Waals surface area (Å²) < 4.78 is 1.53. The lowest BCUT2D eigenvalue weighted by atomic mass is 9.48. The van der Waals surface area contributed by atoms with Gasteiger partial charge in [-0.25, -0.2) is 4.98 Å². The molecule has 27 heavy (non-hydrogen) atoms. The number of aromatic nitrogens is 2. The number of para-hydroxylation sites is 2. The number of carbonyl (C=O) groups is 1. The molecule has 5 nitrogen and oxygen atoms in total. The summed E-state index contributed by atoms with van der Waals surface area (Å²) in [5.74, 6) is 2.52. The molecule has 1 unspecified atom stereocenters. The van der Waals surface area contributed by atoms with Gasteiger partial charge in [-0.3, -0.25) is 14.2 Å². The zero-order valence-corrected chi connectivity index (χ0v) is 15.9. The smallest absolute Gasteiger partial charge is 0.269 e. The molecule has 0 radical (unpaired) electrons. The number of carbonyl (C=O) groups excluding carboxylic acids is 1. The molecule has 1 N–H and O–H groups in total. The Labute approximate surface area is 159 Å². The van der Waals surface area contributed by atoms with Crippen molar-refractivity contribution in [3.63, 3.8) is 0 Å². The highest BCUT2D eigenvalue weighted by atomic mass is 16.2. The van der Waals surface area contributed by atoms with E-state index in [1.165, 1.54) is 49.3 Å². The van der Waals surface area contributed by atoms with Gasteiger partial charge in [0.25, 0.3) is 5.56 Å². The summed E-state index contributed by atoms with van der Waals surface area (Å²) in [7, 11) is 0. The fraction of sp³-hybridized carbons (Fsp3) is 0.591. The van der Waals surface area contributed by atoms with E-state index < -0.39 is 0 Å². The predicted molar refractivity (Wildman–Crippen MR) is 104 cm³/mol. The average Bonchev–Trinajstić information content (AvgIpc) is 2.63. The minimum absolute atomic E-state index is 0.0541. The molecule has 142 valence electrons. The van der Waals surface area contributed by atoms with Gasteiger partial charge in [-0.05, 0) is 80.8 Å². The number of hydrogen-bond acceptors (Lipinski definition) is 3. The van der Waals surface area contributed by atoms with Gasteiger partial charge in [0.1, 0.15) is 6.54 Å². The molecule has 6 rings (SSSR count). The van der Waals surface area contributed by atoms with Crippen molar-refractivity contribution in [2.45, 2.75) is 58.0 Å². The van der Waals surface area contributed by atoms with Crippen molar-refractivity contribution in [2.24, 2.45) is 23.2 Å². The number of benzene rings is 1. The highest BCUT2D eigenvalue weighted by Gasteiger charge is 2.53. The first-order chi connectivity index (χ1) is 13.0. The molecule has 4 saturated carbocycles. The summed E-state index contributed by atoms with van der Waals surface area (Å²) in [6.45, 7) is 2.23. The molecule has 4 fully saturated rings. The van der Waals surface area contributed by atoms with E-state index in [2.05, 4.69) is 17.2 Å². The van der Waals surface area contributed by atoms with Gasteiger partial charge in [0.15, 0.2) is 0 Å². The first-order valence-electron chi connectivity index (χ1n) is 10.3. The van der Waals surface area contributed by atoms with Crippen molar-refractivity contribution < 1.29 is 4.79 Å². The van der Waals surface area contributed by atoms with E-state index in [1.807, 2.05) is 24.3 Å². The van der Waals surface area contributed by atoms with Crippen LogP contribution in [0.4, 0.5) is 0 Å². The Balaban J connectivity index is 1.34. The molecule has 0 spiro atoms. The van der Waals surface area contributed by atoms with Gasteiger partial charge in [-0.2, -0.15) is 0 Å². The minimum atomic E-state index is -0.230. The van der Waals surface area contributed by atoms with Crippen LogP contribution in [0.2, 0.25) is 0 Å². The van der Waals surface area contributed by atoms with Gasteiger partial charge in [0.2, 0.25) is 5.91 Å². The lowest BCUT2D eigenvalue weighted by Gasteiger charge is -2.59. The molecule has 4 aliphatic carbocycles. The van der Waals surface area contributed by atoms with E-state index >= 15 is 0 Å². The lowest BCUT2D eigenvalue weighted by molar-refractivity contribution is -0.126. The molecule has 1 atom stereocenters. The lowest BCUT2D eigenvalue weighted by Crippen LogP contribution is -2.56. The molecule has 2 aromatic rings. The second-order valence-corrected chi connectivity index (χ2v) is 9.24. The largest absolute Gasteiger partial charge is 0.352 e. The van der Waals surface area contributed by atoms with E-state index in [9.17, 15) is 9.59 Å². The van der Waals surface area contributed by atoms with Crippen LogP contribution in [0.25, 0.3) is 11.0 Å². The summed E-state index contributed by atoms with van der Waals surface area (Å²) in [4.78, 5) is 29.3. The Kier molecular flexibility index (Phi) is 3.88. The predicted octanol–water partition coefficient (Wildman–Crippen LogP) is 3.12. The molecule has 0 saturated heterocycles. The second kappa shape index (κ2) is 6.18. The standard InChI is InChI=1S/C22H27N3O2/c1-14(22-9-15-6-16(10-22)8-17(7-15)11-22)24-20(26)13-25-19-5-3-2-4-18(19)23-12-21(25)27/h2-5,12,14-17H,6-11,13H2,1H3,(H,24,26). The Hall–Kier alpha value is -2.17. The SMILES string of the molecule is CC(NC(=O)Cn1c(=O)cnc2ccccc21)C12CC3CC(CC(C3)C1)C2. The van der Waals surface area contributed by atoms with Gasteiger partial charge < -0.3 is 5.32 Å². The van der Waals surface area contributed by atoms with Crippen molar-refractivity contribution in [3.8, 4) is 0 Å². The topological polar surface area (TPSA) is 64.0 Å². The van der Waals surface area contributed by atoms with Gasteiger partial charge in [0.05, 0.1) is 17.2 Å². The maximum atomic E-state index is 12.8. The van der Waals surface area contributed by atoms with Crippen molar-refractivity contribution in [3.05, 3.63) is 40.8 Å². The van der Waals surface area contributed by atoms with Gasteiger partial charge in [0, 0.05) is 6.04 Å². The highest BCUT2D eigenvalue weighted by molar-refractivity contribution is 5.80. The average molecular weight is 365 g/mol. The van der Waals surface area contributed by atoms with Crippen LogP contribution in [0.1, 0.15) is 45.4 Å². The number of amides is 1. The molecule has 0 aliphatic heterocycles. The third kappa shape index (κ3) is 2.88. The molecule has 1 heterocycles. The summed E-state index contributed by atoms with van der Waals surface area (Å²) in [6, 6.07) is 7.64. The maximum Gasteiger partial charge on any atom is 0.269 e. The van der Waals surface area contributed by atoms with E-state index in [0.29, 0.717) is 5.52 Å². The van der Waals surface area contributed by atoms with Crippen LogP contribution in [-0.2, 0) is 11.3 Å². The Morgan fingerprint density at radius 3 is 2.48 bits per heavy atom. The molecule has 1 amide bonds. The van der Waals surface area contributed by atoms with Crippen molar-refractivity contribution in [1.82, 2.24) is 14.9 Å². The van der Waals surface area contributed by atoms with Crippen LogP contribution in [0, 0.1) is 23.2 Å². The number of nitrogens with zero attached hydrogens (tertiary/aromatic N) is 2. The molecular weight excluding hydrogens is 338 g/mol. The van der Waals surface area contributed by atoms with E-state index in [4.69, 9.17) is 0 Å². The van der Waals surface area contributed by atoms with Crippen LogP contribution in [-0.4, -0.2) is 21.5 Å². The molecular formula is C22H27N3O2. The summed E-state index contributed by atoms with van der Waals surface area (Å²) in [5.41, 5.74) is 1.49. The maximum absolute atomic E-state index is 12.8. The fourth-order valence-corrected chi connectivity index (χ4v) is 6.57. The molecule has 5 heteroatoms. The van der Waals surface area contributed by atoms with Crippen LogP contribution in [0.3, 0.4) is 0 Å². The Morgan fingerprint density at radius 2 is 1.81 bits per heavy atom. The van der Waals surface area contributed by atoms with Crippen LogP contribution in [0.5, 0.6) is 0 Å². The summed E-state index contributed by atoms with van der Waals surface area (Å²) in [5, 5.41) is 3.26. The molecule has 1 aromatic heterocycles. The zero-order chi connectivity index (χ0) is 18.6. The summed E-state index contributed by atoms with van der Waals surface area (Å²) >= 11 is 0. The number of hydrogen-bond donors (Lipinski definition) is 1. The zero-order valence-electron chi connectivity index (χ0n) is 15.9. The van der Waals surface area contributed by atoms with Crippen LogP contribution < -0.4 is 10.9 Å². The molecule has 4 bridgehead atoms. The van der Waals surface area contributed by atoms with Crippen molar-refractivity contribution >= 4 is 16.9 Å². The quantitative estimate of drug-likeness (QED) is 0.905. The van der Waals surface area contributed by atoms with E-state index in [0.717, 1.165) is 23.3 Å². The Morgan fingerprint density at radius 1 is 1.19 bits per heavy atom. The van der Waals surface area contributed by atoms with Crippen LogP contribution >= 0.6 is 0 Å². The first kappa shape index (κ1) is 17.0.